The summed E-state index contributed by atoms with van der Waals surface area (Å²) in [5.74, 6) is -1.37. The molecule has 50 heavy (non-hydrogen) atoms. The minimum absolute atomic E-state index is 0.0686. The van der Waals surface area contributed by atoms with E-state index in [1.165, 1.54) is 22.8 Å². The van der Waals surface area contributed by atoms with Gasteiger partial charge < -0.3 is 19.3 Å². The lowest BCUT2D eigenvalue weighted by molar-refractivity contribution is 0.0218. The van der Waals surface area contributed by atoms with Gasteiger partial charge in [0.1, 0.15) is 28.7 Å². The number of pyridine rings is 2. The van der Waals surface area contributed by atoms with E-state index in [0.717, 1.165) is 0 Å². The molecule has 0 saturated carbocycles. The van der Waals surface area contributed by atoms with Crippen molar-refractivity contribution >= 4 is 29.0 Å². The summed E-state index contributed by atoms with van der Waals surface area (Å²) in [5, 5.41) is 0.235. The van der Waals surface area contributed by atoms with Gasteiger partial charge in [0.15, 0.2) is 11.5 Å². The number of hydrogen-bond donors (Lipinski definition) is 0. The molecule has 5 rings (SSSR count). The van der Waals surface area contributed by atoms with E-state index in [9.17, 15) is 9.59 Å². The third kappa shape index (κ3) is 7.39. The van der Waals surface area contributed by atoms with Gasteiger partial charge in [-0.05, 0) is 71.2 Å². The Labute approximate surface area is 291 Å². The van der Waals surface area contributed by atoms with E-state index in [1.807, 2.05) is 44.7 Å². The molecule has 1 fully saturated rings. The van der Waals surface area contributed by atoms with Crippen LogP contribution in [0.15, 0.2) is 60.1 Å². The predicted molar refractivity (Wildman–Crippen MR) is 192 cm³/mol. The molecular weight excluding hydrogens is 642 g/mol. The molecule has 0 unspecified atom stereocenters. The molecule has 0 radical (unpaired) electrons. The van der Waals surface area contributed by atoms with Crippen LogP contribution >= 0.6 is 0 Å². The fourth-order valence-corrected chi connectivity index (χ4v) is 6.04. The lowest BCUT2D eigenvalue weighted by atomic mass is 10.0. The number of allylic oxidation sites excluding steroid dienone is 1. The van der Waals surface area contributed by atoms with E-state index in [0.29, 0.717) is 23.4 Å². The van der Waals surface area contributed by atoms with Crippen molar-refractivity contribution in [3.8, 4) is 22.7 Å². The third-order valence-corrected chi connectivity index (χ3v) is 8.24. The van der Waals surface area contributed by atoms with E-state index in [-0.39, 0.29) is 72.1 Å². The zero-order valence-corrected chi connectivity index (χ0v) is 29.7. The number of aromatic nitrogens is 4. The number of piperazine rings is 1. The minimum atomic E-state index is -0.826. The lowest BCUT2D eigenvalue weighted by Crippen LogP contribution is -2.55. The van der Waals surface area contributed by atoms with Crippen LogP contribution in [0.1, 0.15) is 72.1 Å². The average molecular weight is 687 g/mol. The fraction of sp³-hybridized carbons (Fsp3) is 0.395. The van der Waals surface area contributed by atoms with Crippen molar-refractivity contribution in [3.05, 3.63) is 88.6 Å². The maximum absolute atomic E-state index is 16.4. The smallest absolute Gasteiger partial charge is 0.410 e. The number of halogens is 2. The van der Waals surface area contributed by atoms with E-state index >= 15 is 8.78 Å². The standard InChI is InChI=1S/C38H44F2N6O4/c1-9-11-20-49-29-15-12-14-27(39)30(29)32-28(40)21-26-34(45-19-18-44(22-24(45)5)37(48)50-38(6,7)8)43-36(47)46(35(26)42-32)33-25(13-10-2)16-17-41-31(33)23(3)4/h9-10,12-17,21,23-24H,1,11,18-20,22H2,2-8H3/b13-10+/t24-/m0/s1. The van der Waals surface area contributed by atoms with Crippen molar-refractivity contribution in [3.63, 3.8) is 0 Å². The number of amides is 1. The van der Waals surface area contributed by atoms with Gasteiger partial charge in [-0.3, -0.25) is 4.98 Å². The SMILES string of the molecule is C=CCCOc1cccc(F)c1-c1nc2c(cc1F)c(N1CCN(C(=O)OC(C)(C)C)C[C@@H]1C)nc(=O)n2-c1c(/C=C/C)ccnc1C(C)C. The Balaban J connectivity index is 1.78. The Morgan fingerprint density at radius 1 is 1.14 bits per heavy atom. The van der Waals surface area contributed by atoms with Gasteiger partial charge >= 0.3 is 11.8 Å². The van der Waals surface area contributed by atoms with E-state index in [2.05, 4.69) is 16.5 Å². The number of rotatable bonds is 9. The molecule has 0 bridgehead atoms. The highest BCUT2D eigenvalue weighted by Crippen LogP contribution is 2.37. The van der Waals surface area contributed by atoms with E-state index < -0.39 is 29.0 Å². The lowest BCUT2D eigenvalue weighted by Gasteiger charge is -2.41. The monoisotopic (exact) mass is 686 g/mol. The van der Waals surface area contributed by atoms with Crippen LogP contribution < -0.4 is 15.3 Å². The molecule has 1 amide bonds. The first kappa shape index (κ1) is 36.2. The summed E-state index contributed by atoms with van der Waals surface area (Å²) in [6.07, 6.45) is 7.07. The second-order valence-corrected chi connectivity index (χ2v) is 13.5. The maximum atomic E-state index is 16.4. The van der Waals surface area contributed by atoms with Gasteiger partial charge in [0.05, 0.1) is 28.9 Å². The first-order valence-electron chi connectivity index (χ1n) is 16.8. The molecule has 1 aliphatic heterocycles. The highest BCUT2D eigenvalue weighted by atomic mass is 19.1. The summed E-state index contributed by atoms with van der Waals surface area (Å²) in [6.45, 7) is 17.8. The zero-order chi connectivity index (χ0) is 36.3. The highest BCUT2D eigenvalue weighted by molar-refractivity contribution is 5.91. The summed E-state index contributed by atoms with van der Waals surface area (Å²) >= 11 is 0. The van der Waals surface area contributed by atoms with Crippen molar-refractivity contribution in [2.75, 3.05) is 31.1 Å². The number of benzene rings is 1. The molecule has 0 N–H and O–H groups in total. The topological polar surface area (TPSA) is 103 Å². The molecule has 1 aromatic carbocycles. The molecule has 1 aliphatic rings. The number of fused-ring (bicyclic) bond motifs is 1. The highest BCUT2D eigenvalue weighted by Gasteiger charge is 2.33. The molecule has 3 aromatic heterocycles. The minimum Gasteiger partial charge on any atom is -0.492 e. The summed E-state index contributed by atoms with van der Waals surface area (Å²) in [4.78, 5) is 44.6. The molecule has 0 spiro atoms. The second-order valence-electron chi connectivity index (χ2n) is 13.5. The Bertz CT molecular complexity index is 2000. The van der Waals surface area contributed by atoms with Gasteiger partial charge in [-0.15, -0.1) is 6.58 Å². The number of anilines is 1. The van der Waals surface area contributed by atoms with Crippen LogP contribution in [0.4, 0.5) is 19.4 Å². The van der Waals surface area contributed by atoms with Gasteiger partial charge in [0, 0.05) is 37.4 Å². The summed E-state index contributed by atoms with van der Waals surface area (Å²) < 4.78 is 44.8. The molecule has 10 nitrogen and oxygen atoms in total. The predicted octanol–water partition coefficient (Wildman–Crippen LogP) is 7.68. The van der Waals surface area contributed by atoms with Crippen LogP contribution in [0.25, 0.3) is 34.1 Å². The van der Waals surface area contributed by atoms with Crippen molar-refractivity contribution in [1.82, 2.24) is 24.4 Å². The van der Waals surface area contributed by atoms with Crippen LogP contribution in [0.2, 0.25) is 0 Å². The van der Waals surface area contributed by atoms with Gasteiger partial charge in [-0.1, -0.05) is 38.1 Å². The van der Waals surface area contributed by atoms with Gasteiger partial charge in [0.25, 0.3) is 0 Å². The first-order chi connectivity index (χ1) is 23.7. The third-order valence-electron chi connectivity index (χ3n) is 8.24. The number of hydrogen-bond acceptors (Lipinski definition) is 8. The van der Waals surface area contributed by atoms with E-state index in [4.69, 9.17) is 14.5 Å². The Morgan fingerprint density at radius 2 is 1.90 bits per heavy atom. The molecule has 4 heterocycles. The summed E-state index contributed by atoms with van der Waals surface area (Å²) in [6, 6.07) is 6.92. The van der Waals surface area contributed by atoms with Crippen molar-refractivity contribution in [1.29, 1.82) is 0 Å². The van der Waals surface area contributed by atoms with Crippen molar-refractivity contribution in [2.45, 2.75) is 72.4 Å². The number of ether oxygens (including phenoxy) is 2. The molecule has 1 atom stereocenters. The number of carbonyl (C=O) groups is 1. The average Bonchev–Trinajstić information content (AvgIpc) is 3.04. The number of carbonyl (C=O) groups excluding carboxylic acids is 1. The number of nitrogens with zero attached hydrogens (tertiary/aromatic N) is 6. The Hall–Kier alpha value is -5.13. The van der Waals surface area contributed by atoms with Gasteiger partial charge in [0.2, 0.25) is 0 Å². The molecule has 4 aromatic rings. The van der Waals surface area contributed by atoms with Gasteiger partial charge in [-0.25, -0.2) is 27.9 Å². The van der Waals surface area contributed by atoms with Gasteiger partial charge in [-0.2, -0.15) is 4.98 Å². The largest absolute Gasteiger partial charge is 0.492 e. The van der Waals surface area contributed by atoms with Crippen LogP contribution in [0.5, 0.6) is 5.75 Å². The van der Waals surface area contributed by atoms with Crippen LogP contribution in [0, 0.1) is 11.6 Å². The van der Waals surface area contributed by atoms with Crippen molar-refractivity contribution < 1.29 is 23.0 Å². The summed E-state index contributed by atoms with van der Waals surface area (Å²) in [7, 11) is 0. The Kier molecular flexibility index (Phi) is 10.7. The molecule has 12 heteroatoms. The fourth-order valence-electron chi connectivity index (χ4n) is 6.04. The summed E-state index contributed by atoms with van der Waals surface area (Å²) in [5.41, 5.74) is -0.0342. The van der Waals surface area contributed by atoms with Crippen LogP contribution in [-0.2, 0) is 4.74 Å². The molecule has 264 valence electrons. The van der Waals surface area contributed by atoms with Crippen molar-refractivity contribution in [2.24, 2.45) is 0 Å². The van der Waals surface area contributed by atoms with Crippen LogP contribution in [-0.4, -0.2) is 68.4 Å². The molecule has 1 saturated heterocycles. The zero-order valence-electron chi connectivity index (χ0n) is 29.7. The second kappa shape index (κ2) is 14.8. The molecule has 0 aliphatic carbocycles. The van der Waals surface area contributed by atoms with Crippen LogP contribution in [0.3, 0.4) is 0 Å². The maximum Gasteiger partial charge on any atom is 0.410 e. The Morgan fingerprint density at radius 3 is 2.56 bits per heavy atom. The van der Waals surface area contributed by atoms with E-state index in [1.54, 1.807) is 50.1 Å². The normalized spacial score (nSPS) is 15.3. The first-order valence-corrected chi connectivity index (χ1v) is 16.8. The molecular formula is C38H44F2N6O4. The quantitative estimate of drug-likeness (QED) is 0.131.